The van der Waals surface area contributed by atoms with Gasteiger partial charge in [0.15, 0.2) is 0 Å². The van der Waals surface area contributed by atoms with Gasteiger partial charge in [0.2, 0.25) is 6.73 Å². The molecule has 0 aliphatic carbocycles. The highest BCUT2D eigenvalue weighted by atomic mass is 16.7. The quantitative estimate of drug-likeness (QED) is 0.0796. The highest BCUT2D eigenvalue weighted by molar-refractivity contribution is 5.59. The van der Waals surface area contributed by atoms with Crippen molar-refractivity contribution < 1.29 is 41.3 Å². The fourth-order valence-corrected chi connectivity index (χ4v) is 3.14. The molecule has 1 atom stereocenters. The van der Waals surface area contributed by atoms with E-state index in [0.717, 1.165) is 32.1 Å². The van der Waals surface area contributed by atoms with Crippen molar-refractivity contribution in [1.29, 1.82) is 0 Å². The fraction of sp³-hybridized carbons (Fsp3) is 0.731. The molecule has 0 radical (unpaired) electrons. The molecule has 31 heavy (non-hydrogen) atoms. The van der Waals surface area contributed by atoms with E-state index in [4.69, 9.17) is 32.0 Å². The van der Waals surface area contributed by atoms with Crippen LogP contribution in [-0.2, 0) is 14.2 Å². The van der Waals surface area contributed by atoms with Crippen LogP contribution in [0.25, 0.3) is 0 Å². The molecule has 0 bridgehead atoms. The molecule has 178 valence electrons. The van der Waals surface area contributed by atoms with Crippen LogP contribution in [0.5, 0.6) is 0 Å². The van der Waals surface area contributed by atoms with E-state index in [1.165, 1.54) is 6.42 Å². The summed E-state index contributed by atoms with van der Waals surface area (Å²) < 4.78 is 118. The number of nitrogens with zero attached hydrogens (tertiary/aromatic N) is 1. The number of hydrogen-bond acceptors (Lipinski definition) is 4. The Kier molecular flexibility index (Phi) is 6.73. The third kappa shape index (κ3) is 12.0. The Morgan fingerprint density at radius 1 is 1.13 bits per heavy atom. The average Bonchev–Trinajstić information content (AvgIpc) is 2.89. The molecule has 1 aliphatic rings. The Morgan fingerprint density at radius 3 is 2.68 bits per heavy atom. The normalized spacial score (nSPS) is 27.2. The maximum atomic E-state index is 12.1. The molecule has 1 heterocycles. The highest BCUT2D eigenvalue weighted by Gasteiger charge is 2.30. The molecule has 1 aliphatic heterocycles. The van der Waals surface area contributed by atoms with E-state index in [0.29, 0.717) is 18.5 Å². The number of allylic oxidation sites excluding steroid dienone is 1. The molecule has 1 rings (SSSR count). The van der Waals surface area contributed by atoms with E-state index in [1.54, 1.807) is 13.1 Å². The summed E-state index contributed by atoms with van der Waals surface area (Å²) >= 11 is 0. The summed E-state index contributed by atoms with van der Waals surface area (Å²) in [5, 5.41) is 0. The summed E-state index contributed by atoms with van der Waals surface area (Å²) in [6.45, 7) is 3.20. The van der Waals surface area contributed by atoms with Crippen molar-refractivity contribution >= 4 is 6.16 Å². The molecular weight excluding hydrogens is 390 g/mol. The first-order chi connectivity index (χ1) is 19.8. The Hall–Kier alpha value is -1.75. The van der Waals surface area contributed by atoms with E-state index < -0.39 is 50.8 Å². The molecule has 5 heteroatoms. The van der Waals surface area contributed by atoms with Gasteiger partial charge in [-0.05, 0) is 12.8 Å². The lowest BCUT2D eigenvalue weighted by atomic mass is 10.00. The van der Waals surface area contributed by atoms with Gasteiger partial charge in [-0.2, -0.15) is 0 Å². The predicted octanol–water partition coefficient (Wildman–Crippen LogP) is 6.90. The van der Waals surface area contributed by atoms with Gasteiger partial charge in [0, 0.05) is 32.6 Å². The summed E-state index contributed by atoms with van der Waals surface area (Å²) in [4.78, 5) is 12.1. The fourth-order valence-electron chi connectivity index (χ4n) is 3.14. The SMILES string of the molecule is [2H]C([2H])([2H])C([2H])([2H])C([2H])([2H])C([2H])([2H])C([2H])([2H])C([2H])([2H])OC(=C)C(=C)C1=CCC[N+](C)(COC(=O)OCCCCCCCC)C1. The molecule has 0 saturated heterocycles. The molecule has 0 fully saturated rings. The Bertz CT molecular complexity index is 1060. The van der Waals surface area contributed by atoms with Crippen LogP contribution in [0.2, 0.25) is 0 Å². The lowest BCUT2D eigenvalue weighted by Gasteiger charge is -2.37. The first-order valence-electron chi connectivity index (χ1n) is 17.2. The van der Waals surface area contributed by atoms with Crippen molar-refractivity contribution in [2.24, 2.45) is 0 Å². The van der Waals surface area contributed by atoms with Crippen molar-refractivity contribution in [2.75, 3.05) is 40.0 Å². The van der Waals surface area contributed by atoms with Gasteiger partial charge in [0.1, 0.15) is 12.3 Å². The number of carbonyl (C=O) groups is 1. The molecule has 0 aromatic heterocycles. The van der Waals surface area contributed by atoms with E-state index in [1.807, 2.05) is 0 Å². The van der Waals surface area contributed by atoms with Crippen molar-refractivity contribution in [1.82, 2.24) is 0 Å². The summed E-state index contributed by atoms with van der Waals surface area (Å²) in [5.74, 6) is -0.506. The van der Waals surface area contributed by atoms with E-state index in [9.17, 15) is 4.79 Å². The zero-order chi connectivity index (χ0) is 34.4. The number of carbonyl (C=O) groups excluding carboxylic acids is 1. The maximum absolute atomic E-state index is 12.1. The monoisotopic (exact) mass is 449 g/mol. The molecule has 0 N–H and O–H groups in total. The van der Waals surface area contributed by atoms with Crippen LogP contribution in [0.15, 0.2) is 36.1 Å². The number of ether oxygens (including phenoxy) is 3. The number of rotatable bonds is 17. The smallest absolute Gasteiger partial charge is 0.494 e. The average molecular weight is 450 g/mol. The van der Waals surface area contributed by atoms with Crippen LogP contribution >= 0.6 is 0 Å². The van der Waals surface area contributed by atoms with E-state index >= 15 is 0 Å². The van der Waals surface area contributed by atoms with Gasteiger partial charge in [-0.3, -0.25) is 4.48 Å². The summed E-state index contributed by atoms with van der Waals surface area (Å²) in [6, 6.07) is 0. The van der Waals surface area contributed by atoms with Crippen LogP contribution < -0.4 is 0 Å². The standard InChI is InChI=1S/C26H46NO4/c1-6-8-10-12-13-15-20-30-26(28)31-22-27(5)18-16-17-25(21-27)23(3)24(4)29-19-14-11-9-7-2/h17H,3-4,6-16,18-22H2,1-2,5H3/q+1/i2D3,7D2,9D2,11D2,14D2,19D2. The lowest BCUT2D eigenvalue weighted by Crippen LogP contribution is -2.50. The van der Waals surface area contributed by atoms with Gasteiger partial charge >= 0.3 is 6.16 Å². The van der Waals surface area contributed by atoms with E-state index in [-0.39, 0.29) is 29.9 Å². The van der Waals surface area contributed by atoms with Gasteiger partial charge in [0.25, 0.3) is 0 Å². The second-order valence-corrected chi connectivity index (χ2v) is 7.76. The van der Waals surface area contributed by atoms with Gasteiger partial charge < -0.3 is 14.2 Å². The molecule has 5 nitrogen and oxygen atoms in total. The number of hydrogen-bond donors (Lipinski definition) is 0. The van der Waals surface area contributed by atoms with Gasteiger partial charge in [-0.1, -0.05) is 84.2 Å². The minimum Gasteiger partial charge on any atom is -0.494 e. The molecule has 0 amide bonds. The molecule has 1 unspecified atom stereocenters. The van der Waals surface area contributed by atoms with Gasteiger partial charge in [-0.15, -0.1) is 0 Å². The number of quaternary nitrogens is 1. The van der Waals surface area contributed by atoms with Gasteiger partial charge in [0.05, 0.1) is 29.5 Å². The van der Waals surface area contributed by atoms with Crippen LogP contribution in [0, 0.1) is 0 Å². The molecule has 0 spiro atoms. The number of unbranched alkanes of at least 4 members (excludes halogenated alkanes) is 5. The molecule has 0 saturated carbocycles. The molecule has 0 aromatic rings. The first kappa shape index (κ1) is 13.1. The van der Waals surface area contributed by atoms with Gasteiger partial charge in [-0.25, -0.2) is 4.79 Å². The maximum Gasteiger partial charge on any atom is 0.512 e. The second-order valence-electron chi connectivity index (χ2n) is 7.76. The second kappa shape index (κ2) is 16.0. The predicted molar refractivity (Wildman–Crippen MR) is 128 cm³/mol. The third-order valence-electron chi connectivity index (χ3n) is 4.96. The molecular formula is C26H46NO4+. The van der Waals surface area contributed by atoms with Crippen LogP contribution in [-0.4, -0.2) is 50.7 Å². The molecule has 0 aromatic carbocycles. The zero-order valence-electron chi connectivity index (χ0n) is 31.8. The van der Waals surface area contributed by atoms with Crippen molar-refractivity contribution in [3.8, 4) is 0 Å². The highest BCUT2D eigenvalue weighted by Crippen LogP contribution is 2.26. The minimum absolute atomic E-state index is 0.0285. The largest absolute Gasteiger partial charge is 0.512 e. The van der Waals surface area contributed by atoms with E-state index in [2.05, 4.69) is 20.1 Å². The van der Waals surface area contributed by atoms with Crippen molar-refractivity contribution in [3.63, 3.8) is 0 Å². The number of likely N-dealkylation sites (N-methyl/N-ethyl adjacent to an activating group) is 1. The summed E-state index contributed by atoms with van der Waals surface area (Å²) in [5.41, 5.74) is 0.530. The van der Waals surface area contributed by atoms with Crippen molar-refractivity contribution in [2.45, 2.75) is 84.2 Å². The lowest BCUT2D eigenvalue weighted by molar-refractivity contribution is -0.922. The Labute approximate surface area is 209 Å². The zero-order valence-corrected chi connectivity index (χ0v) is 18.8. The van der Waals surface area contributed by atoms with Crippen LogP contribution in [0.3, 0.4) is 0 Å². The first-order valence-corrected chi connectivity index (χ1v) is 10.7. The van der Waals surface area contributed by atoms with Crippen LogP contribution in [0.1, 0.15) is 102 Å². The Morgan fingerprint density at radius 2 is 1.90 bits per heavy atom. The summed E-state index contributed by atoms with van der Waals surface area (Å²) in [6.07, 6.45) is -8.22. The van der Waals surface area contributed by atoms with Crippen LogP contribution in [0.4, 0.5) is 4.79 Å². The third-order valence-corrected chi connectivity index (χ3v) is 4.96. The van der Waals surface area contributed by atoms with Crippen molar-refractivity contribution in [3.05, 3.63) is 36.1 Å². The summed E-state index contributed by atoms with van der Waals surface area (Å²) in [7, 11) is 1.80. The topological polar surface area (TPSA) is 44.8 Å². The minimum atomic E-state index is -4.05. The Balaban J connectivity index is 2.89.